The molecule has 1 aliphatic rings. The first-order chi connectivity index (χ1) is 8.76. The Morgan fingerprint density at radius 3 is 2.39 bits per heavy atom. The smallest absolute Gasteiger partial charge is 0.0828 e. The highest BCUT2D eigenvalue weighted by Gasteiger charge is 2.23. The number of nitrogens with zero attached hydrogens (tertiary/aromatic N) is 1. The van der Waals surface area contributed by atoms with Crippen molar-refractivity contribution < 1.29 is 4.74 Å². The van der Waals surface area contributed by atoms with E-state index in [-0.39, 0.29) is 6.10 Å². The van der Waals surface area contributed by atoms with E-state index in [0.717, 1.165) is 13.1 Å². The summed E-state index contributed by atoms with van der Waals surface area (Å²) in [4.78, 5) is 2.53. The first-order valence-corrected chi connectivity index (χ1v) is 7.84. The van der Waals surface area contributed by atoms with Crippen molar-refractivity contribution in [1.29, 1.82) is 0 Å². The maximum Gasteiger partial charge on any atom is 0.0828 e. The van der Waals surface area contributed by atoms with Crippen molar-refractivity contribution in [3.05, 3.63) is 0 Å². The molecular weight excluding hydrogens is 224 g/mol. The molecule has 0 aromatic heterocycles. The zero-order valence-corrected chi connectivity index (χ0v) is 12.4. The zero-order valence-electron chi connectivity index (χ0n) is 12.4. The lowest BCUT2D eigenvalue weighted by Crippen LogP contribution is -2.49. The van der Waals surface area contributed by atoms with Crippen LogP contribution in [0.5, 0.6) is 0 Å². The van der Waals surface area contributed by atoms with Crippen molar-refractivity contribution in [3.63, 3.8) is 0 Å². The van der Waals surface area contributed by atoms with E-state index in [9.17, 15) is 0 Å². The molecule has 0 aromatic rings. The molecule has 1 rings (SSSR count). The van der Waals surface area contributed by atoms with Crippen molar-refractivity contribution in [3.8, 4) is 0 Å². The molecule has 0 spiro atoms. The molecular formula is C15H32N2O. The van der Waals surface area contributed by atoms with Gasteiger partial charge in [-0.25, -0.2) is 0 Å². The van der Waals surface area contributed by atoms with Crippen LogP contribution < -0.4 is 5.73 Å². The minimum atomic E-state index is 0.248. The summed E-state index contributed by atoms with van der Waals surface area (Å²) in [7, 11) is 0. The highest BCUT2D eigenvalue weighted by molar-refractivity contribution is 4.76. The Morgan fingerprint density at radius 2 is 1.72 bits per heavy atom. The van der Waals surface area contributed by atoms with Crippen LogP contribution in [-0.4, -0.2) is 43.3 Å². The van der Waals surface area contributed by atoms with Crippen molar-refractivity contribution >= 4 is 0 Å². The average Bonchev–Trinajstić information content (AvgIpc) is 2.37. The fourth-order valence-electron chi connectivity index (χ4n) is 2.75. The standard InChI is InChI=1S/C15H32N2O/c1-3-4-5-6-7-8-9-10-17-12-14(2)18-15(11-16)13-17/h14-15H,3-13,16H2,1-2H3. The molecule has 1 heterocycles. The summed E-state index contributed by atoms with van der Waals surface area (Å²) in [6, 6.07) is 0. The second kappa shape index (κ2) is 9.76. The highest BCUT2D eigenvalue weighted by Crippen LogP contribution is 2.12. The van der Waals surface area contributed by atoms with E-state index in [2.05, 4.69) is 18.7 Å². The largest absolute Gasteiger partial charge is 0.371 e. The lowest BCUT2D eigenvalue weighted by molar-refractivity contribution is -0.0722. The molecule has 0 bridgehead atoms. The fourth-order valence-corrected chi connectivity index (χ4v) is 2.75. The molecule has 1 aliphatic heterocycles. The highest BCUT2D eigenvalue weighted by atomic mass is 16.5. The van der Waals surface area contributed by atoms with Gasteiger partial charge in [0.05, 0.1) is 12.2 Å². The predicted octanol–water partition coefficient (Wildman–Crippen LogP) is 2.79. The summed E-state index contributed by atoms with van der Waals surface area (Å²) in [5.41, 5.74) is 5.70. The minimum absolute atomic E-state index is 0.248. The van der Waals surface area contributed by atoms with Crippen LogP contribution in [0.3, 0.4) is 0 Å². The van der Waals surface area contributed by atoms with Crippen molar-refractivity contribution in [2.45, 2.75) is 71.0 Å². The summed E-state index contributed by atoms with van der Waals surface area (Å²) >= 11 is 0. The Hall–Kier alpha value is -0.120. The number of morpholine rings is 1. The minimum Gasteiger partial charge on any atom is -0.371 e. The summed E-state index contributed by atoms with van der Waals surface area (Å²) < 4.78 is 5.77. The van der Waals surface area contributed by atoms with Gasteiger partial charge in [0.25, 0.3) is 0 Å². The van der Waals surface area contributed by atoms with Crippen LogP contribution in [-0.2, 0) is 4.74 Å². The van der Waals surface area contributed by atoms with E-state index in [1.165, 1.54) is 51.5 Å². The molecule has 0 saturated carbocycles. The number of ether oxygens (including phenoxy) is 1. The van der Waals surface area contributed by atoms with Crippen LogP contribution in [0.15, 0.2) is 0 Å². The average molecular weight is 256 g/mol. The third-order valence-electron chi connectivity index (χ3n) is 3.74. The molecule has 2 unspecified atom stereocenters. The number of nitrogens with two attached hydrogens (primary N) is 1. The molecule has 0 radical (unpaired) electrons. The molecule has 3 nitrogen and oxygen atoms in total. The Kier molecular flexibility index (Phi) is 8.64. The van der Waals surface area contributed by atoms with Gasteiger partial charge in [-0.05, 0) is 19.9 Å². The number of hydrogen-bond donors (Lipinski definition) is 1. The van der Waals surface area contributed by atoms with Crippen LogP contribution in [0.4, 0.5) is 0 Å². The van der Waals surface area contributed by atoms with Gasteiger partial charge in [0.1, 0.15) is 0 Å². The van der Waals surface area contributed by atoms with E-state index in [1.807, 2.05) is 0 Å². The molecule has 3 heteroatoms. The van der Waals surface area contributed by atoms with Crippen molar-refractivity contribution in [2.24, 2.45) is 5.73 Å². The first kappa shape index (κ1) is 15.9. The van der Waals surface area contributed by atoms with E-state index in [0.29, 0.717) is 12.6 Å². The topological polar surface area (TPSA) is 38.5 Å². The second-order valence-corrected chi connectivity index (χ2v) is 5.69. The molecule has 108 valence electrons. The normalized spacial score (nSPS) is 25.5. The third-order valence-corrected chi connectivity index (χ3v) is 3.74. The third kappa shape index (κ3) is 6.72. The summed E-state index contributed by atoms with van der Waals surface area (Å²) in [5.74, 6) is 0. The van der Waals surface area contributed by atoms with E-state index in [1.54, 1.807) is 0 Å². The molecule has 1 saturated heterocycles. The Labute approximate surface area is 113 Å². The molecule has 18 heavy (non-hydrogen) atoms. The van der Waals surface area contributed by atoms with Crippen LogP contribution >= 0.6 is 0 Å². The van der Waals surface area contributed by atoms with Crippen LogP contribution in [0.2, 0.25) is 0 Å². The molecule has 2 N–H and O–H groups in total. The van der Waals surface area contributed by atoms with Gasteiger partial charge in [0, 0.05) is 19.6 Å². The Bertz CT molecular complexity index is 199. The van der Waals surface area contributed by atoms with E-state index < -0.39 is 0 Å². The van der Waals surface area contributed by atoms with Gasteiger partial charge in [-0.15, -0.1) is 0 Å². The SMILES string of the molecule is CCCCCCCCCN1CC(C)OC(CN)C1. The number of hydrogen-bond acceptors (Lipinski definition) is 3. The molecule has 0 aliphatic carbocycles. The van der Waals surface area contributed by atoms with Crippen LogP contribution in [0, 0.1) is 0 Å². The van der Waals surface area contributed by atoms with Crippen LogP contribution in [0.25, 0.3) is 0 Å². The molecule has 0 amide bonds. The van der Waals surface area contributed by atoms with E-state index in [4.69, 9.17) is 10.5 Å². The zero-order chi connectivity index (χ0) is 13.2. The summed E-state index contributed by atoms with van der Waals surface area (Å²) in [5, 5.41) is 0. The van der Waals surface area contributed by atoms with Gasteiger partial charge >= 0.3 is 0 Å². The summed E-state index contributed by atoms with van der Waals surface area (Å²) in [6.07, 6.45) is 10.3. The number of unbranched alkanes of at least 4 members (excludes halogenated alkanes) is 6. The maximum absolute atomic E-state index is 5.77. The van der Waals surface area contributed by atoms with Gasteiger partial charge in [-0.2, -0.15) is 0 Å². The molecule has 0 aromatic carbocycles. The maximum atomic E-state index is 5.77. The lowest BCUT2D eigenvalue weighted by atomic mass is 10.1. The second-order valence-electron chi connectivity index (χ2n) is 5.69. The summed E-state index contributed by atoms with van der Waals surface area (Å²) in [6.45, 7) is 8.39. The van der Waals surface area contributed by atoms with Crippen molar-refractivity contribution in [1.82, 2.24) is 4.90 Å². The first-order valence-electron chi connectivity index (χ1n) is 7.84. The predicted molar refractivity (Wildman–Crippen MR) is 77.8 cm³/mol. The van der Waals surface area contributed by atoms with E-state index >= 15 is 0 Å². The molecule has 2 atom stereocenters. The molecule has 1 fully saturated rings. The van der Waals surface area contributed by atoms with Crippen molar-refractivity contribution in [2.75, 3.05) is 26.2 Å². The lowest BCUT2D eigenvalue weighted by Gasteiger charge is -2.36. The van der Waals surface area contributed by atoms with Gasteiger partial charge in [0.15, 0.2) is 0 Å². The Balaban J connectivity index is 2.00. The van der Waals surface area contributed by atoms with Gasteiger partial charge in [0.2, 0.25) is 0 Å². The van der Waals surface area contributed by atoms with Gasteiger partial charge in [-0.1, -0.05) is 45.4 Å². The fraction of sp³-hybridized carbons (Fsp3) is 1.00. The Morgan fingerprint density at radius 1 is 1.06 bits per heavy atom. The quantitative estimate of drug-likeness (QED) is 0.645. The number of rotatable bonds is 9. The monoisotopic (exact) mass is 256 g/mol. The van der Waals surface area contributed by atoms with Gasteiger partial charge in [-0.3, -0.25) is 4.90 Å². The van der Waals surface area contributed by atoms with Crippen LogP contribution in [0.1, 0.15) is 58.8 Å². The van der Waals surface area contributed by atoms with Gasteiger partial charge < -0.3 is 10.5 Å².